The number of aryl methyl sites for hydroxylation is 1. The molecular formula is C26H28N6O3. The van der Waals surface area contributed by atoms with Crippen LogP contribution in [0.5, 0.6) is 0 Å². The molecule has 2 aliphatic rings. The van der Waals surface area contributed by atoms with E-state index in [1.165, 1.54) is 11.1 Å². The molecule has 0 saturated heterocycles. The number of aromatic nitrogens is 2. The maximum Gasteiger partial charge on any atom is 0.264 e. The summed E-state index contributed by atoms with van der Waals surface area (Å²) in [6.07, 6.45) is 4.26. The SMILES string of the molecule is CN1CCc2ccc(NC(=O)c3cccc(CNC(=O)C4CC(c5cnn(C)c5)=NO4)c3)cc2C1. The van der Waals surface area contributed by atoms with Crippen LogP contribution in [0.15, 0.2) is 60.0 Å². The Kier molecular flexibility index (Phi) is 6.33. The molecule has 1 unspecified atom stereocenters. The van der Waals surface area contributed by atoms with Gasteiger partial charge in [-0.05, 0) is 54.4 Å². The number of hydrogen-bond acceptors (Lipinski definition) is 6. The quantitative estimate of drug-likeness (QED) is 0.574. The number of hydrogen-bond donors (Lipinski definition) is 2. The first kappa shape index (κ1) is 22.8. The lowest BCUT2D eigenvalue weighted by molar-refractivity contribution is -0.131. The van der Waals surface area contributed by atoms with Crippen molar-refractivity contribution in [2.24, 2.45) is 12.2 Å². The Labute approximate surface area is 203 Å². The Balaban J connectivity index is 1.16. The summed E-state index contributed by atoms with van der Waals surface area (Å²) in [4.78, 5) is 33.1. The molecule has 1 atom stereocenters. The Morgan fingerprint density at radius 1 is 1.14 bits per heavy atom. The van der Waals surface area contributed by atoms with Crippen molar-refractivity contribution in [3.8, 4) is 0 Å². The molecule has 2 aliphatic heterocycles. The molecule has 0 bridgehead atoms. The zero-order chi connectivity index (χ0) is 24.4. The smallest absolute Gasteiger partial charge is 0.264 e. The number of amides is 2. The van der Waals surface area contributed by atoms with Crippen LogP contribution in [-0.2, 0) is 36.2 Å². The molecule has 180 valence electrons. The molecule has 0 fully saturated rings. The van der Waals surface area contributed by atoms with Crippen molar-refractivity contribution >= 4 is 23.2 Å². The van der Waals surface area contributed by atoms with Crippen molar-refractivity contribution in [1.82, 2.24) is 20.0 Å². The van der Waals surface area contributed by atoms with Gasteiger partial charge in [0.25, 0.3) is 11.8 Å². The number of fused-ring (bicyclic) bond motifs is 1. The van der Waals surface area contributed by atoms with Crippen LogP contribution in [0, 0.1) is 0 Å². The summed E-state index contributed by atoms with van der Waals surface area (Å²) < 4.78 is 1.68. The standard InChI is InChI=1S/C26H28N6O3/c1-31-9-8-18-6-7-22(11-20(18)15-31)29-25(33)19-5-3-4-17(10-19)13-27-26(34)24-12-23(30-35-24)21-14-28-32(2)16-21/h3-7,10-11,14,16,24H,8-9,12-13,15H2,1-2H3,(H,27,34)(H,29,33). The van der Waals surface area contributed by atoms with E-state index in [0.29, 0.717) is 17.7 Å². The highest BCUT2D eigenvalue weighted by Crippen LogP contribution is 2.22. The number of likely N-dealkylation sites (N-methyl/N-ethyl adjacent to an activating group) is 1. The molecule has 0 radical (unpaired) electrons. The summed E-state index contributed by atoms with van der Waals surface area (Å²) in [7, 11) is 3.92. The minimum atomic E-state index is -0.681. The normalized spacial score (nSPS) is 17.3. The van der Waals surface area contributed by atoms with E-state index in [1.54, 1.807) is 23.0 Å². The minimum Gasteiger partial charge on any atom is -0.382 e. The molecule has 2 amide bonds. The predicted octanol–water partition coefficient (Wildman–Crippen LogP) is 2.47. The van der Waals surface area contributed by atoms with Gasteiger partial charge >= 0.3 is 0 Å². The third-order valence-electron chi connectivity index (χ3n) is 6.32. The minimum absolute atomic E-state index is 0.184. The molecule has 9 nitrogen and oxygen atoms in total. The molecular weight excluding hydrogens is 444 g/mol. The van der Waals surface area contributed by atoms with E-state index in [4.69, 9.17) is 4.84 Å². The second-order valence-corrected chi connectivity index (χ2v) is 9.08. The highest BCUT2D eigenvalue weighted by atomic mass is 16.6. The average Bonchev–Trinajstić information content (AvgIpc) is 3.52. The molecule has 35 heavy (non-hydrogen) atoms. The van der Waals surface area contributed by atoms with Crippen molar-refractivity contribution in [2.45, 2.75) is 32.0 Å². The lowest BCUT2D eigenvalue weighted by Gasteiger charge is -2.25. The van der Waals surface area contributed by atoms with Gasteiger partial charge in [-0.2, -0.15) is 5.10 Å². The number of oxime groups is 1. The monoisotopic (exact) mass is 472 g/mol. The zero-order valence-electron chi connectivity index (χ0n) is 19.8. The molecule has 5 rings (SSSR count). The molecule has 0 saturated carbocycles. The largest absolute Gasteiger partial charge is 0.382 e. The van der Waals surface area contributed by atoms with Crippen LogP contribution in [0.4, 0.5) is 5.69 Å². The molecule has 2 N–H and O–H groups in total. The Bertz CT molecular complexity index is 1300. The highest BCUT2D eigenvalue weighted by Gasteiger charge is 2.29. The lowest BCUT2D eigenvalue weighted by atomic mass is 9.99. The van der Waals surface area contributed by atoms with Gasteiger partial charge < -0.3 is 20.4 Å². The predicted molar refractivity (Wildman–Crippen MR) is 132 cm³/mol. The van der Waals surface area contributed by atoms with Gasteiger partial charge in [-0.25, -0.2) is 0 Å². The van der Waals surface area contributed by atoms with Gasteiger partial charge in [0, 0.05) is 56.1 Å². The number of carbonyl (C=O) groups is 2. The Hall–Kier alpha value is -3.98. The summed E-state index contributed by atoms with van der Waals surface area (Å²) in [6.45, 7) is 2.22. The Morgan fingerprint density at radius 3 is 2.86 bits per heavy atom. The van der Waals surface area contributed by atoms with Gasteiger partial charge in [-0.15, -0.1) is 0 Å². The fraction of sp³-hybridized carbons (Fsp3) is 0.308. The second kappa shape index (κ2) is 9.71. The molecule has 3 heterocycles. The first-order chi connectivity index (χ1) is 16.9. The van der Waals surface area contributed by atoms with Crippen molar-refractivity contribution < 1.29 is 14.4 Å². The van der Waals surface area contributed by atoms with E-state index in [-0.39, 0.29) is 18.4 Å². The van der Waals surface area contributed by atoms with Crippen LogP contribution in [-0.4, -0.2) is 51.9 Å². The topological polar surface area (TPSA) is 101 Å². The molecule has 0 aliphatic carbocycles. The second-order valence-electron chi connectivity index (χ2n) is 9.08. The van der Waals surface area contributed by atoms with Crippen LogP contribution in [0.25, 0.3) is 0 Å². The van der Waals surface area contributed by atoms with E-state index in [2.05, 4.69) is 45.0 Å². The third kappa shape index (κ3) is 5.25. The van der Waals surface area contributed by atoms with Crippen molar-refractivity contribution in [3.63, 3.8) is 0 Å². The lowest BCUT2D eigenvalue weighted by Crippen LogP contribution is -2.34. The van der Waals surface area contributed by atoms with Crippen LogP contribution in [0.1, 0.15) is 39.0 Å². The van der Waals surface area contributed by atoms with E-state index in [0.717, 1.165) is 36.3 Å². The number of carbonyl (C=O) groups excluding carboxylic acids is 2. The molecule has 9 heteroatoms. The number of anilines is 1. The maximum absolute atomic E-state index is 12.9. The summed E-state index contributed by atoms with van der Waals surface area (Å²) >= 11 is 0. The van der Waals surface area contributed by atoms with E-state index in [9.17, 15) is 9.59 Å². The van der Waals surface area contributed by atoms with E-state index >= 15 is 0 Å². The summed E-state index contributed by atoms with van der Waals surface area (Å²) in [5.74, 6) is -0.433. The van der Waals surface area contributed by atoms with Gasteiger partial charge in [-0.3, -0.25) is 14.3 Å². The number of rotatable bonds is 6. The van der Waals surface area contributed by atoms with Gasteiger partial charge in [0.1, 0.15) is 0 Å². The fourth-order valence-electron chi connectivity index (χ4n) is 4.36. The van der Waals surface area contributed by atoms with E-state index < -0.39 is 6.10 Å². The molecule has 0 spiro atoms. The van der Waals surface area contributed by atoms with Crippen LogP contribution >= 0.6 is 0 Å². The summed E-state index contributed by atoms with van der Waals surface area (Å²) in [6, 6.07) is 13.3. The van der Waals surface area contributed by atoms with Gasteiger partial charge in [0.2, 0.25) is 6.10 Å². The number of nitrogens with zero attached hydrogens (tertiary/aromatic N) is 4. The first-order valence-electron chi connectivity index (χ1n) is 11.6. The third-order valence-corrected chi connectivity index (χ3v) is 6.32. The van der Waals surface area contributed by atoms with E-state index in [1.807, 2.05) is 31.4 Å². The number of benzene rings is 2. The van der Waals surface area contributed by atoms with Crippen LogP contribution in [0.2, 0.25) is 0 Å². The van der Waals surface area contributed by atoms with Crippen molar-refractivity contribution in [3.05, 3.63) is 82.7 Å². The van der Waals surface area contributed by atoms with Gasteiger partial charge in [0.15, 0.2) is 0 Å². The summed E-state index contributed by atoms with van der Waals surface area (Å²) in [5.41, 5.74) is 6.26. The van der Waals surface area contributed by atoms with Crippen LogP contribution in [0.3, 0.4) is 0 Å². The van der Waals surface area contributed by atoms with Crippen molar-refractivity contribution in [2.75, 3.05) is 18.9 Å². The highest BCUT2D eigenvalue weighted by molar-refractivity contribution is 6.05. The molecule has 3 aromatic rings. The number of nitrogens with one attached hydrogen (secondary N) is 2. The van der Waals surface area contributed by atoms with Crippen molar-refractivity contribution in [1.29, 1.82) is 0 Å². The Morgan fingerprint density at radius 2 is 2.03 bits per heavy atom. The zero-order valence-corrected chi connectivity index (χ0v) is 19.8. The van der Waals surface area contributed by atoms with Gasteiger partial charge in [-0.1, -0.05) is 23.4 Å². The maximum atomic E-state index is 12.9. The van der Waals surface area contributed by atoms with Gasteiger partial charge in [0.05, 0.1) is 11.9 Å². The fourth-order valence-corrected chi connectivity index (χ4v) is 4.36. The molecule has 1 aromatic heterocycles. The summed E-state index contributed by atoms with van der Waals surface area (Å²) in [5, 5.41) is 14.0. The van der Waals surface area contributed by atoms with Crippen LogP contribution < -0.4 is 10.6 Å². The first-order valence-corrected chi connectivity index (χ1v) is 11.6. The average molecular weight is 473 g/mol. The molecule has 2 aromatic carbocycles.